The van der Waals surface area contributed by atoms with Crippen LogP contribution in [0, 0.1) is 5.92 Å². The Morgan fingerprint density at radius 3 is 2.55 bits per heavy atom. The fourth-order valence-corrected chi connectivity index (χ4v) is 5.33. The third-order valence-corrected chi connectivity index (χ3v) is 7.39. The number of rotatable bonds is 6. The van der Waals surface area contributed by atoms with Gasteiger partial charge in [0, 0.05) is 23.0 Å². The molecule has 0 spiro atoms. The highest BCUT2D eigenvalue weighted by Crippen LogP contribution is 2.31. The zero-order chi connectivity index (χ0) is 24.3. The number of carbonyl (C=O) groups is 3. The molecule has 33 heavy (non-hydrogen) atoms. The van der Waals surface area contributed by atoms with E-state index in [1.54, 1.807) is 18.2 Å². The topological polar surface area (TPSA) is 133 Å². The number of methoxy groups -OCH3 is 2. The van der Waals surface area contributed by atoms with Crippen molar-refractivity contribution < 1.29 is 32.3 Å². The zero-order valence-electron chi connectivity index (χ0n) is 18.0. The standard InChI is InChI=1S/C22H23ClN2O7S/c1-31-20-8-4-15(23)10-14(20)9-13-3-5-16(26)12-25(21(13)27)33(29,30)17-6-7-18(19(24)11-17)22(28)32-2/h4,6-8,10-11,13H,3,5,9,12,24H2,1-2H3. The lowest BCUT2D eigenvalue weighted by molar-refractivity contribution is -0.131. The van der Waals surface area contributed by atoms with E-state index in [0.717, 1.165) is 12.1 Å². The number of ether oxygens (including phenoxy) is 2. The summed E-state index contributed by atoms with van der Waals surface area (Å²) in [6.07, 6.45) is 0.378. The molecule has 1 unspecified atom stereocenters. The predicted molar refractivity (Wildman–Crippen MR) is 121 cm³/mol. The highest BCUT2D eigenvalue weighted by molar-refractivity contribution is 7.89. The first-order valence-corrected chi connectivity index (χ1v) is 11.8. The van der Waals surface area contributed by atoms with Crippen molar-refractivity contribution in [1.29, 1.82) is 0 Å². The van der Waals surface area contributed by atoms with Gasteiger partial charge in [0.05, 0.1) is 31.2 Å². The first kappa shape index (κ1) is 24.5. The van der Waals surface area contributed by atoms with Crippen molar-refractivity contribution in [3.05, 3.63) is 52.5 Å². The average molecular weight is 495 g/mol. The minimum Gasteiger partial charge on any atom is -0.496 e. The molecule has 2 N–H and O–H groups in total. The summed E-state index contributed by atoms with van der Waals surface area (Å²) in [7, 11) is -1.77. The smallest absolute Gasteiger partial charge is 0.339 e. The Morgan fingerprint density at radius 2 is 1.91 bits per heavy atom. The molecular formula is C22H23ClN2O7S. The van der Waals surface area contributed by atoms with E-state index in [-0.39, 0.29) is 41.2 Å². The molecule has 0 bridgehead atoms. The van der Waals surface area contributed by atoms with Crippen LogP contribution in [0.3, 0.4) is 0 Å². The van der Waals surface area contributed by atoms with Crippen LogP contribution in [0.1, 0.15) is 28.8 Å². The number of amides is 1. The van der Waals surface area contributed by atoms with E-state index in [2.05, 4.69) is 4.74 Å². The van der Waals surface area contributed by atoms with Crippen LogP contribution in [-0.2, 0) is 30.8 Å². The number of halogens is 1. The van der Waals surface area contributed by atoms with Gasteiger partial charge in [0.25, 0.3) is 10.0 Å². The minimum atomic E-state index is -4.41. The molecule has 0 aliphatic carbocycles. The number of nitrogens with two attached hydrogens (primary N) is 1. The third-order valence-electron chi connectivity index (χ3n) is 5.41. The molecule has 1 fully saturated rings. The third kappa shape index (κ3) is 5.12. The molecule has 1 atom stereocenters. The highest BCUT2D eigenvalue weighted by atomic mass is 35.5. The molecule has 1 aliphatic rings. The fourth-order valence-electron chi connectivity index (χ4n) is 3.67. The maximum Gasteiger partial charge on any atom is 0.339 e. The first-order chi connectivity index (χ1) is 15.6. The maximum atomic E-state index is 13.3. The second-order valence-electron chi connectivity index (χ2n) is 7.53. The second-order valence-corrected chi connectivity index (χ2v) is 9.82. The molecule has 0 aromatic heterocycles. The Bertz CT molecular complexity index is 1210. The summed E-state index contributed by atoms with van der Waals surface area (Å²) >= 11 is 6.08. The van der Waals surface area contributed by atoms with Crippen LogP contribution in [0.4, 0.5) is 5.69 Å². The summed E-state index contributed by atoms with van der Waals surface area (Å²) in [5.74, 6) is -2.10. The van der Waals surface area contributed by atoms with Gasteiger partial charge in [0.15, 0.2) is 5.78 Å². The molecule has 1 saturated heterocycles. The molecule has 0 saturated carbocycles. The number of carbonyl (C=O) groups excluding carboxylic acids is 3. The lowest BCUT2D eigenvalue weighted by Gasteiger charge is -2.24. The number of esters is 1. The van der Waals surface area contributed by atoms with Crippen LogP contribution in [-0.4, -0.2) is 51.1 Å². The van der Waals surface area contributed by atoms with Crippen molar-refractivity contribution in [2.24, 2.45) is 5.92 Å². The second kappa shape index (κ2) is 9.80. The van der Waals surface area contributed by atoms with Gasteiger partial charge in [0.2, 0.25) is 5.91 Å². The SMILES string of the molecule is COC(=O)c1ccc(S(=O)(=O)N2CC(=O)CCC(Cc3cc(Cl)ccc3OC)C2=O)cc1N. The number of benzene rings is 2. The Balaban J connectivity index is 1.97. The zero-order valence-corrected chi connectivity index (χ0v) is 19.6. The van der Waals surface area contributed by atoms with Crippen LogP contribution in [0.2, 0.25) is 5.02 Å². The molecule has 176 valence electrons. The van der Waals surface area contributed by atoms with Gasteiger partial charge in [-0.2, -0.15) is 0 Å². The lowest BCUT2D eigenvalue weighted by atomic mass is 9.93. The number of hydrogen-bond donors (Lipinski definition) is 1. The van der Waals surface area contributed by atoms with Gasteiger partial charge >= 0.3 is 5.97 Å². The fraction of sp³-hybridized carbons (Fsp3) is 0.318. The predicted octanol–water partition coefficient (Wildman–Crippen LogP) is 2.46. The highest BCUT2D eigenvalue weighted by Gasteiger charge is 2.38. The number of nitrogens with zero attached hydrogens (tertiary/aromatic N) is 1. The summed E-state index contributed by atoms with van der Waals surface area (Å²) < 4.78 is 37.1. The van der Waals surface area contributed by atoms with Gasteiger partial charge in [-0.1, -0.05) is 11.6 Å². The van der Waals surface area contributed by atoms with Gasteiger partial charge in [-0.05, 0) is 54.8 Å². The number of sulfonamides is 1. The van der Waals surface area contributed by atoms with Crippen molar-refractivity contribution in [3.8, 4) is 5.75 Å². The van der Waals surface area contributed by atoms with Gasteiger partial charge < -0.3 is 15.2 Å². The normalized spacial score (nSPS) is 16.9. The van der Waals surface area contributed by atoms with Gasteiger partial charge in [0.1, 0.15) is 5.75 Å². The van der Waals surface area contributed by atoms with Gasteiger partial charge in [-0.3, -0.25) is 9.59 Å². The van der Waals surface area contributed by atoms with Crippen LogP contribution in [0.15, 0.2) is 41.3 Å². The van der Waals surface area contributed by atoms with E-state index in [9.17, 15) is 22.8 Å². The van der Waals surface area contributed by atoms with Crippen LogP contribution in [0.5, 0.6) is 5.75 Å². The van der Waals surface area contributed by atoms with Gasteiger partial charge in [-0.25, -0.2) is 17.5 Å². The van der Waals surface area contributed by atoms with E-state index >= 15 is 0 Å². The Kier molecular flexibility index (Phi) is 7.28. The number of hydrogen-bond acceptors (Lipinski definition) is 8. The van der Waals surface area contributed by atoms with E-state index < -0.39 is 34.4 Å². The Morgan fingerprint density at radius 1 is 1.18 bits per heavy atom. The van der Waals surface area contributed by atoms with Crippen molar-refractivity contribution in [2.75, 3.05) is 26.5 Å². The van der Waals surface area contributed by atoms with Gasteiger partial charge in [-0.15, -0.1) is 0 Å². The van der Waals surface area contributed by atoms with Crippen LogP contribution >= 0.6 is 11.6 Å². The van der Waals surface area contributed by atoms with E-state index in [0.29, 0.717) is 20.6 Å². The van der Waals surface area contributed by atoms with E-state index in [1.165, 1.54) is 20.3 Å². The molecular weight excluding hydrogens is 472 g/mol. The molecule has 9 nitrogen and oxygen atoms in total. The molecule has 11 heteroatoms. The summed E-state index contributed by atoms with van der Waals surface area (Å²) in [5, 5.41) is 0.439. The molecule has 1 aliphatic heterocycles. The largest absolute Gasteiger partial charge is 0.496 e. The summed E-state index contributed by atoms with van der Waals surface area (Å²) in [4.78, 5) is 37.1. The molecule has 0 radical (unpaired) electrons. The molecule has 3 rings (SSSR count). The summed E-state index contributed by atoms with van der Waals surface area (Å²) in [6, 6.07) is 8.36. The van der Waals surface area contributed by atoms with E-state index in [4.69, 9.17) is 22.1 Å². The Hall–Kier alpha value is -3.11. The van der Waals surface area contributed by atoms with Crippen LogP contribution in [0.25, 0.3) is 0 Å². The number of nitrogen functional groups attached to an aromatic ring is 1. The maximum absolute atomic E-state index is 13.3. The van der Waals surface area contributed by atoms with E-state index in [1.807, 2.05) is 0 Å². The van der Waals surface area contributed by atoms with Crippen LogP contribution < -0.4 is 10.5 Å². The number of ketones is 1. The van der Waals surface area contributed by atoms with Crippen molar-refractivity contribution in [1.82, 2.24) is 4.31 Å². The molecule has 2 aromatic rings. The monoisotopic (exact) mass is 494 g/mol. The first-order valence-electron chi connectivity index (χ1n) is 9.97. The minimum absolute atomic E-state index is 0.0133. The Labute approximate surface area is 196 Å². The van der Waals surface area contributed by atoms with Crippen molar-refractivity contribution in [2.45, 2.75) is 24.2 Å². The summed E-state index contributed by atoms with van der Waals surface area (Å²) in [5.41, 5.74) is 6.32. The average Bonchev–Trinajstić information content (AvgIpc) is 2.92. The number of Topliss-reactive ketones (excluding diaryl/α,β-unsaturated/α-hetero) is 1. The quantitative estimate of drug-likeness (QED) is 0.478. The lowest BCUT2D eigenvalue weighted by Crippen LogP contribution is -2.42. The number of anilines is 1. The van der Waals surface area contributed by atoms with Crippen molar-refractivity contribution >= 4 is 45.0 Å². The molecule has 2 aromatic carbocycles. The van der Waals surface area contributed by atoms with Crippen molar-refractivity contribution in [3.63, 3.8) is 0 Å². The summed E-state index contributed by atoms with van der Waals surface area (Å²) in [6.45, 7) is -0.580. The molecule has 1 heterocycles. The molecule has 1 amide bonds.